The van der Waals surface area contributed by atoms with Crippen molar-refractivity contribution in [1.82, 2.24) is 5.32 Å². The van der Waals surface area contributed by atoms with Crippen molar-refractivity contribution in [3.63, 3.8) is 0 Å². The minimum absolute atomic E-state index is 0. The Morgan fingerprint density at radius 3 is 2.52 bits per heavy atom. The molecular weight excluding hydrogens is 426 g/mol. The molecule has 1 N–H and O–H groups in total. The van der Waals surface area contributed by atoms with Crippen molar-refractivity contribution in [2.24, 2.45) is 11.3 Å². The van der Waals surface area contributed by atoms with Crippen LogP contribution >= 0.6 is 12.4 Å². The summed E-state index contributed by atoms with van der Waals surface area (Å²) in [5.41, 5.74) is 9.34. The molecule has 4 rings (SSSR count). The molecule has 2 aromatic rings. The molecule has 1 saturated carbocycles. The highest BCUT2D eigenvalue weighted by molar-refractivity contribution is 5.85. The van der Waals surface area contributed by atoms with Crippen LogP contribution in [0.3, 0.4) is 0 Å². The number of benzene rings is 2. The zero-order valence-corrected chi connectivity index (χ0v) is 22.6. The maximum absolute atomic E-state index is 5.50. The van der Waals surface area contributed by atoms with E-state index >= 15 is 0 Å². The van der Waals surface area contributed by atoms with E-state index in [1.807, 2.05) is 0 Å². The first kappa shape index (κ1) is 26.1. The third kappa shape index (κ3) is 4.84. The van der Waals surface area contributed by atoms with E-state index < -0.39 is 0 Å². The predicted octanol–water partition coefficient (Wildman–Crippen LogP) is 7.66. The molecule has 0 spiro atoms. The molecule has 3 atom stereocenters. The quantitative estimate of drug-likeness (QED) is 0.468. The van der Waals surface area contributed by atoms with E-state index in [0.29, 0.717) is 16.7 Å². The summed E-state index contributed by atoms with van der Waals surface area (Å²) in [6.45, 7) is 16.1. The number of nitrogens with one attached hydrogen (secondary N) is 1. The number of fused-ring (bicyclic) bond motifs is 3. The van der Waals surface area contributed by atoms with Crippen LogP contribution in [0, 0.1) is 25.2 Å². The van der Waals surface area contributed by atoms with Crippen molar-refractivity contribution in [2.75, 3.05) is 13.7 Å². The molecule has 0 amide bonds. The van der Waals surface area contributed by atoms with Gasteiger partial charge in [0.05, 0.1) is 7.11 Å². The van der Waals surface area contributed by atoms with Gasteiger partial charge in [0.15, 0.2) is 0 Å². The van der Waals surface area contributed by atoms with E-state index in [4.69, 9.17) is 4.74 Å². The SMILES string of the molecule is COc1cc(C)c(CNC[C@@]2(C)CCC[C@@]3(C)c4ccc(C(C)C)cc4CC[C@H]23)cc1C.Cl. The Labute approximate surface area is 208 Å². The molecule has 1 fully saturated rings. The fourth-order valence-corrected chi connectivity index (χ4v) is 6.96. The van der Waals surface area contributed by atoms with E-state index in [9.17, 15) is 0 Å². The highest BCUT2D eigenvalue weighted by Gasteiger charge is 2.51. The van der Waals surface area contributed by atoms with Gasteiger partial charge in [-0.05, 0) is 102 Å². The fraction of sp³-hybridized carbons (Fsp3) is 0.600. The van der Waals surface area contributed by atoms with E-state index in [1.54, 1.807) is 18.2 Å². The first-order valence-electron chi connectivity index (χ1n) is 12.7. The second-order valence-corrected chi connectivity index (χ2v) is 11.4. The maximum atomic E-state index is 5.50. The van der Waals surface area contributed by atoms with Crippen molar-refractivity contribution < 1.29 is 4.74 Å². The monoisotopic (exact) mass is 469 g/mol. The molecule has 0 bridgehead atoms. The standard InChI is InChI=1S/C30H43NO.ClH/c1-20(2)23-9-11-26-24(17-23)10-12-28-29(5,13-8-14-30(26,28)6)19-31-18-25-15-22(4)27(32-7)16-21(25)3;/h9,11,15-17,20,28,31H,8,10,12-14,18-19H2,1-7H3;1H/t28-,29-,30+;/m1./s1. The molecule has 2 aliphatic rings. The number of hydrogen-bond donors (Lipinski definition) is 1. The summed E-state index contributed by atoms with van der Waals surface area (Å²) in [7, 11) is 1.76. The largest absolute Gasteiger partial charge is 0.496 e. The molecule has 2 nitrogen and oxygen atoms in total. The average Bonchev–Trinajstić information content (AvgIpc) is 2.75. The lowest BCUT2D eigenvalue weighted by atomic mass is 9.49. The van der Waals surface area contributed by atoms with Gasteiger partial charge in [-0.2, -0.15) is 0 Å². The third-order valence-electron chi connectivity index (χ3n) is 8.87. The molecule has 3 heteroatoms. The second kappa shape index (κ2) is 10.0. The van der Waals surface area contributed by atoms with E-state index in [0.717, 1.165) is 24.8 Å². The Balaban J connectivity index is 0.00000306. The lowest BCUT2D eigenvalue weighted by Gasteiger charge is -2.55. The summed E-state index contributed by atoms with van der Waals surface area (Å²) in [4.78, 5) is 0. The van der Waals surface area contributed by atoms with Gasteiger partial charge in [0.1, 0.15) is 5.75 Å². The third-order valence-corrected chi connectivity index (χ3v) is 8.87. The zero-order valence-electron chi connectivity index (χ0n) is 21.8. The van der Waals surface area contributed by atoms with Crippen LogP contribution in [0.5, 0.6) is 5.75 Å². The van der Waals surface area contributed by atoms with E-state index in [-0.39, 0.29) is 12.4 Å². The Hall–Kier alpha value is -1.51. The summed E-state index contributed by atoms with van der Waals surface area (Å²) in [5, 5.41) is 3.87. The van der Waals surface area contributed by atoms with Crippen molar-refractivity contribution in [3.8, 4) is 5.75 Å². The Morgan fingerprint density at radius 1 is 1.06 bits per heavy atom. The molecule has 0 unspecified atom stereocenters. The summed E-state index contributed by atoms with van der Waals surface area (Å²) in [5.74, 6) is 2.34. The molecule has 182 valence electrons. The number of methoxy groups -OCH3 is 1. The number of ether oxygens (including phenoxy) is 1. The van der Waals surface area contributed by atoms with Crippen LogP contribution in [-0.2, 0) is 18.4 Å². The molecule has 0 aliphatic heterocycles. The topological polar surface area (TPSA) is 21.3 Å². The molecule has 2 aromatic carbocycles. The summed E-state index contributed by atoms with van der Waals surface area (Å²) < 4.78 is 5.50. The molecule has 0 radical (unpaired) electrons. The summed E-state index contributed by atoms with van der Waals surface area (Å²) in [6, 6.07) is 11.9. The number of aryl methyl sites for hydroxylation is 3. The van der Waals surface area contributed by atoms with Crippen molar-refractivity contribution in [2.45, 2.75) is 91.5 Å². The molecule has 33 heavy (non-hydrogen) atoms. The van der Waals surface area contributed by atoms with Gasteiger partial charge in [0.2, 0.25) is 0 Å². The predicted molar refractivity (Wildman–Crippen MR) is 143 cm³/mol. The van der Waals surface area contributed by atoms with E-state index in [1.165, 1.54) is 54.4 Å². The van der Waals surface area contributed by atoms with Crippen LogP contribution in [0.25, 0.3) is 0 Å². The Bertz CT molecular complexity index is 984. The normalized spacial score (nSPS) is 26.4. The van der Waals surface area contributed by atoms with Gasteiger partial charge in [0.25, 0.3) is 0 Å². The Morgan fingerprint density at radius 2 is 1.82 bits per heavy atom. The smallest absolute Gasteiger partial charge is 0.122 e. The lowest BCUT2D eigenvalue weighted by molar-refractivity contribution is 0.0257. The molecule has 2 aliphatic carbocycles. The van der Waals surface area contributed by atoms with Gasteiger partial charge in [-0.3, -0.25) is 0 Å². The summed E-state index contributed by atoms with van der Waals surface area (Å²) >= 11 is 0. The minimum Gasteiger partial charge on any atom is -0.496 e. The van der Waals surface area contributed by atoms with Gasteiger partial charge >= 0.3 is 0 Å². The van der Waals surface area contributed by atoms with Gasteiger partial charge in [-0.25, -0.2) is 0 Å². The average molecular weight is 470 g/mol. The van der Waals surface area contributed by atoms with Gasteiger partial charge in [-0.1, -0.05) is 58.4 Å². The first-order valence-corrected chi connectivity index (χ1v) is 12.7. The number of rotatable bonds is 6. The molecular formula is C30H44ClNO. The van der Waals surface area contributed by atoms with Gasteiger partial charge < -0.3 is 10.1 Å². The highest BCUT2D eigenvalue weighted by Crippen LogP contribution is 2.57. The highest BCUT2D eigenvalue weighted by atomic mass is 35.5. The fourth-order valence-electron chi connectivity index (χ4n) is 6.96. The van der Waals surface area contributed by atoms with Gasteiger partial charge in [0, 0.05) is 13.1 Å². The van der Waals surface area contributed by atoms with Crippen molar-refractivity contribution in [3.05, 3.63) is 63.7 Å². The van der Waals surface area contributed by atoms with Gasteiger partial charge in [-0.15, -0.1) is 12.4 Å². The zero-order chi connectivity index (χ0) is 23.1. The number of hydrogen-bond acceptors (Lipinski definition) is 2. The molecule has 0 aromatic heterocycles. The van der Waals surface area contributed by atoms with Crippen LogP contribution in [-0.4, -0.2) is 13.7 Å². The first-order chi connectivity index (χ1) is 15.2. The maximum Gasteiger partial charge on any atom is 0.122 e. The van der Waals surface area contributed by atoms with Crippen molar-refractivity contribution >= 4 is 12.4 Å². The Kier molecular flexibility index (Phi) is 7.91. The van der Waals surface area contributed by atoms with Crippen LogP contribution < -0.4 is 10.1 Å². The molecule has 0 heterocycles. The minimum atomic E-state index is 0. The van der Waals surface area contributed by atoms with E-state index in [2.05, 4.69) is 77.2 Å². The summed E-state index contributed by atoms with van der Waals surface area (Å²) in [6.07, 6.45) is 6.56. The lowest BCUT2D eigenvalue weighted by Crippen LogP contribution is -2.52. The second-order valence-electron chi connectivity index (χ2n) is 11.4. The van der Waals surface area contributed by atoms with Crippen LogP contribution in [0.15, 0.2) is 30.3 Å². The van der Waals surface area contributed by atoms with Crippen molar-refractivity contribution in [1.29, 1.82) is 0 Å². The molecule has 0 saturated heterocycles. The van der Waals surface area contributed by atoms with Crippen LogP contribution in [0.4, 0.5) is 0 Å². The number of halogens is 1. The van der Waals surface area contributed by atoms with Crippen LogP contribution in [0.2, 0.25) is 0 Å². The van der Waals surface area contributed by atoms with Crippen LogP contribution in [0.1, 0.15) is 92.7 Å².